The number of aromatic nitrogens is 2. The maximum Gasteiger partial charge on any atom is 0.272 e. The Morgan fingerprint density at radius 2 is 1.67 bits per heavy atom. The molecule has 3 amide bonds. The first-order valence-corrected chi connectivity index (χ1v) is 9.27. The number of nitrogens with zero attached hydrogens (tertiary/aromatic N) is 1. The molecule has 0 bridgehead atoms. The van der Waals surface area contributed by atoms with E-state index >= 15 is 0 Å². The van der Waals surface area contributed by atoms with Gasteiger partial charge < -0.3 is 16.0 Å². The van der Waals surface area contributed by atoms with E-state index in [0.717, 1.165) is 0 Å². The Hall–Kier alpha value is -4.01. The van der Waals surface area contributed by atoms with Gasteiger partial charge in [-0.3, -0.25) is 19.2 Å². The highest BCUT2D eigenvalue weighted by Gasteiger charge is 2.18. The summed E-state index contributed by atoms with van der Waals surface area (Å²) in [5, 5.41) is 15.3. The van der Waals surface area contributed by atoms with Crippen molar-refractivity contribution in [2.45, 2.75) is 26.3 Å². The van der Waals surface area contributed by atoms with Crippen molar-refractivity contribution >= 4 is 39.9 Å². The van der Waals surface area contributed by atoms with E-state index in [9.17, 15) is 19.2 Å². The molecule has 3 rings (SSSR count). The molecule has 9 heteroatoms. The molecule has 4 N–H and O–H groups in total. The molecule has 1 aromatic heterocycles. The second-order valence-corrected chi connectivity index (χ2v) is 6.76. The Morgan fingerprint density at radius 1 is 1.00 bits per heavy atom. The molecule has 0 saturated heterocycles. The van der Waals surface area contributed by atoms with E-state index in [2.05, 4.69) is 26.1 Å². The molecule has 1 heterocycles. The summed E-state index contributed by atoms with van der Waals surface area (Å²) in [6.45, 7) is 2.95. The molecule has 154 valence electrons. The van der Waals surface area contributed by atoms with Gasteiger partial charge in [0.2, 0.25) is 17.7 Å². The molecule has 0 unspecified atom stereocenters. The fourth-order valence-electron chi connectivity index (χ4n) is 2.94. The minimum Gasteiger partial charge on any atom is -0.344 e. The summed E-state index contributed by atoms with van der Waals surface area (Å²) in [6.07, 6.45) is -0.0903. The molecular formula is C21H21N5O4. The summed E-state index contributed by atoms with van der Waals surface area (Å²) in [5.74, 6) is -1.04. The van der Waals surface area contributed by atoms with Gasteiger partial charge in [0, 0.05) is 23.7 Å². The molecule has 1 atom stereocenters. The predicted molar refractivity (Wildman–Crippen MR) is 113 cm³/mol. The smallest absolute Gasteiger partial charge is 0.272 e. The average Bonchev–Trinajstić information content (AvgIpc) is 2.70. The Bertz CT molecular complexity index is 1170. The van der Waals surface area contributed by atoms with Crippen molar-refractivity contribution in [2.24, 2.45) is 0 Å². The minimum absolute atomic E-state index is 0.0903. The third kappa shape index (κ3) is 5.07. The number of hydrogen-bond acceptors (Lipinski definition) is 5. The second-order valence-electron chi connectivity index (χ2n) is 6.76. The van der Waals surface area contributed by atoms with Crippen LogP contribution in [0.5, 0.6) is 0 Å². The van der Waals surface area contributed by atoms with E-state index < -0.39 is 17.9 Å². The third-order valence-corrected chi connectivity index (χ3v) is 4.32. The Balaban J connectivity index is 1.63. The zero-order valence-corrected chi connectivity index (χ0v) is 16.5. The maximum atomic E-state index is 12.4. The normalized spacial score (nSPS) is 11.5. The molecule has 0 aliphatic rings. The van der Waals surface area contributed by atoms with Crippen LogP contribution in [0.1, 0.15) is 19.5 Å². The number of rotatable bonds is 6. The topological polar surface area (TPSA) is 133 Å². The van der Waals surface area contributed by atoms with Gasteiger partial charge in [-0.05, 0) is 31.2 Å². The highest BCUT2D eigenvalue weighted by atomic mass is 16.2. The van der Waals surface area contributed by atoms with Crippen molar-refractivity contribution in [3.8, 4) is 0 Å². The summed E-state index contributed by atoms with van der Waals surface area (Å²) < 4.78 is 0. The molecule has 0 saturated carbocycles. The number of amides is 3. The summed E-state index contributed by atoms with van der Waals surface area (Å²) in [4.78, 5) is 47.8. The highest BCUT2D eigenvalue weighted by Crippen LogP contribution is 2.15. The number of H-pyrrole nitrogens is 1. The quantitative estimate of drug-likeness (QED) is 0.492. The molecular weight excluding hydrogens is 386 g/mol. The number of nitrogens with one attached hydrogen (secondary N) is 4. The molecule has 0 radical (unpaired) electrons. The SMILES string of the molecule is CC(=O)Nc1cccc(NC(=O)[C@@H](C)NC(=O)Cc2n[nH]c(=O)c3ccccc23)c1. The van der Waals surface area contributed by atoms with Gasteiger partial charge in [0.05, 0.1) is 17.5 Å². The number of aromatic amines is 1. The van der Waals surface area contributed by atoms with Crippen LogP contribution < -0.4 is 21.5 Å². The third-order valence-electron chi connectivity index (χ3n) is 4.32. The van der Waals surface area contributed by atoms with Gasteiger partial charge >= 0.3 is 0 Å². The van der Waals surface area contributed by atoms with E-state index in [4.69, 9.17) is 0 Å². The summed E-state index contributed by atoms with van der Waals surface area (Å²) >= 11 is 0. The number of hydrogen-bond donors (Lipinski definition) is 4. The van der Waals surface area contributed by atoms with Crippen LogP contribution in [0.2, 0.25) is 0 Å². The number of benzene rings is 2. The lowest BCUT2D eigenvalue weighted by atomic mass is 10.1. The van der Waals surface area contributed by atoms with Crippen molar-refractivity contribution in [1.29, 1.82) is 0 Å². The van der Waals surface area contributed by atoms with Gasteiger partial charge in [-0.25, -0.2) is 5.10 Å². The van der Waals surface area contributed by atoms with Gasteiger partial charge in [-0.15, -0.1) is 0 Å². The highest BCUT2D eigenvalue weighted by molar-refractivity contribution is 5.98. The lowest BCUT2D eigenvalue weighted by molar-refractivity contribution is -0.125. The van der Waals surface area contributed by atoms with E-state index in [0.29, 0.717) is 27.8 Å². The van der Waals surface area contributed by atoms with Gasteiger partial charge in [0.1, 0.15) is 6.04 Å². The van der Waals surface area contributed by atoms with Gasteiger partial charge in [-0.2, -0.15) is 5.10 Å². The number of fused-ring (bicyclic) bond motifs is 1. The van der Waals surface area contributed by atoms with Crippen molar-refractivity contribution in [1.82, 2.24) is 15.5 Å². The first-order valence-electron chi connectivity index (χ1n) is 9.27. The minimum atomic E-state index is -0.809. The van der Waals surface area contributed by atoms with Crippen LogP contribution in [0.4, 0.5) is 11.4 Å². The van der Waals surface area contributed by atoms with Crippen LogP contribution in [-0.2, 0) is 20.8 Å². The average molecular weight is 407 g/mol. The lowest BCUT2D eigenvalue weighted by Crippen LogP contribution is -2.42. The molecule has 0 spiro atoms. The largest absolute Gasteiger partial charge is 0.344 e. The molecule has 2 aromatic carbocycles. The fourth-order valence-corrected chi connectivity index (χ4v) is 2.94. The van der Waals surface area contributed by atoms with E-state index in [1.165, 1.54) is 6.92 Å². The first kappa shape index (κ1) is 20.7. The van der Waals surface area contributed by atoms with Crippen molar-refractivity contribution in [3.05, 3.63) is 64.6 Å². The van der Waals surface area contributed by atoms with Crippen molar-refractivity contribution in [2.75, 3.05) is 10.6 Å². The van der Waals surface area contributed by atoms with E-state index in [1.54, 1.807) is 55.5 Å². The standard InChI is InChI=1S/C21H21N5O4/c1-12(20(29)24-15-7-5-6-14(10-15)23-13(2)27)22-19(28)11-18-16-8-3-4-9-17(16)21(30)26-25-18/h3-10,12H,11H2,1-2H3,(H,22,28)(H,23,27)(H,24,29)(H,26,30)/t12-/m1/s1. The van der Waals surface area contributed by atoms with E-state index in [1.807, 2.05) is 0 Å². The second kappa shape index (κ2) is 8.99. The molecule has 0 aliphatic carbocycles. The summed E-state index contributed by atoms with van der Waals surface area (Å²) in [5.41, 5.74) is 1.12. The summed E-state index contributed by atoms with van der Waals surface area (Å²) in [6, 6.07) is 12.7. The van der Waals surface area contributed by atoms with Crippen LogP contribution in [0, 0.1) is 0 Å². The predicted octanol–water partition coefficient (Wildman–Crippen LogP) is 1.57. The number of carbonyl (C=O) groups is 3. The lowest BCUT2D eigenvalue weighted by Gasteiger charge is -2.15. The number of anilines is 2. The Morgan fingerprint density at radius 3 is 2.37 bits per heavy atom. The molecule has 3 aromatic rings. The van der Waals surface area contributed by atoms with Gasteiger partial charge in [-0.1, -0.05) is 24.3 Å². The van der Waals surface area contributed by atoms with Crippen LogP contribution in [-0.4, -0.2) is 34.0 Å². The van der Waals surface area contributed by atoms with Crippen LogP contribution in [0.3, 0.4) is 0 Å². The molecule has 30 heavy (non-hydrogen) atoms. The first-order chi connectivity index (χ1) is 14.3. The summed E-state index contributed by atoms with van der Waals surface area (Å²) in [7, 11) is 0. The zero-order chi connectivity index (χ0) is 21.7. The monoisotopic (exact) mass is 407 g/mol. The van der Waals surface area contributed by atoms with E-state index in [-0.39, 0.29) is 17.9 Å². The van der Waals surface area contributed by atoms with Crippen LogP contribution in [0.15, 0.2) is 53.3 Å². The maximum absolute atomic E-state index is 12.4. The number of carbonyl (C=O) groups excluding carboxylic acids is 3. The molecule has 0 fully saturated rings. The van der Waals surface area contributed by atoms with Crippen LogP contribution >= 0.6 is 0 Å². The van der Waals surface area contributed by atoms with Gasteiger partial charge in [0.25, 0.3) is 5.56 Å². The fraction of sp³-hybridized carbons (Fsp3) is 0.190. The molecule has 9 nitrogen and oxygen atoms in total. The Kier molecular flexibility index (Phi) is 6.21. The van der Waals surface area contributed by atoms with Crippen molar-refractivity contribution < 1.29 is 14.4 Å². The zero-order valence-electron chi connectivity index (χ0n) is 16.5. The molecule has 0 aliphatic heterocycles. The van der Waals surface area contributed by atoms with Crippen LogP contribution in [0.25, 0.3) is 10.8 Å². The Labute approximate surface area is 171 Å². The van der Waals surface area contributed by atoms with Gasteiger partial charge in [0.15, 0.2) is 0 Å². The van der Waals surface area contributed by atoms with Crippen molar-refractivity contribution in [3.63, 3.8) is 0 Å².